The Bertz CT molecular complexity index is 815. The average Bonchev–Trinajstić information content (AvgIpc) is 2.60. The molecule has 3 aromatic carbocycles. The minimum Gasteiger partial charge on any atom is -0.0620 e. The number of aryl methyl sites for hydroxylation is 4. The second kappa shape index (κ2) is 7.37. The van der Waals surface area contributed by atoms with E-state index in [9.17, 15) is 0 Å². The number of hydrogen-bond donors (Lipinski definition) is 0. The maximum Gasteiger partial charge on any atom is 0.115 e. The highest BCUT2D eigenvalue weighted by Gasteiger charge is 2.51. The van der Waals surface area contributed by atoms with E-state index in [2.05, 4.69) is 108 Å². The van der Waals surface area contributed by atoms with Crippen molar-refractivity contribution in [3.63, 3.8) is 0 Å². The SMILES string of the molecule is Cc1cccc(C)c1[P+](c1ccccc1)(c1c(C)cccc1C)C(C)C. The van der Waals surface area contributed by atoms with Crippen LogP contribution in [0.5, 0.6) is 0 Å². The fourth-order valence-corrected chi connectivity index (χ4v) is 10.1. The van der Waals surface area contributed by atoms with Gasteiger partial charge < -0.3 is 0 Å². The van der Waals surface area contributed by atoms with Crippen LogP contribution in [0, 0.1) is 27.7 Å². The predicted molar refractivity (Wildman–Crippen MR) is 119 cm³/mol. The van der Waals surface area contributed by atoms with E-state index in [1.807, 2.05) is 0 Å². The molecule has 3 rings (SSSR count). The van der Waals surface area contributed by atoms with Crippen LogP contribution in [-0.4, -0.2) is 5.66 Å². The van der Waals surface area contributed by atoms with Crippen LogP contribution < -0.4 is 15.9 Å². The number of benzene rings is 3. The summed E-state index contributed by atoms with van der Waals surface area (Å²) in [7, 11) is -1.78. The summed E-state index contributed by atoms with van der Waals surface area (Å²) in [6.45, 7) is 14.0. The van der Waals surface area contributed by atoms with Crippen molar-refractivity contribution in [2.75, 3.05) is 0 Å². The molecule has 0 nitrogen and oxygen atoms in total. The van der Waals surface area contributed by atoms with E-state index in [-0.39, 0.29) is 0 Å². The second-order valence-electron chi connectivity index (χ2n) is 7.63. The molecule has 0 N–H and O–H groups in total. The summed E-state index contributed by atoms with van der Waals surface area (Å²) >= 11 is 0. The van der Waals surface area contributed by atoms with Crippen molar-refractivity contribution in [2.45, 2.75) is 47.2 Å². The largest absolute Gasteiger partial charge is 0.115 e. The van der Waals surface area contributed by atoms with Crippen molar-refractivity contribution < 1.29 is 0 Å². The van der Waals surface area contributed by atoms with Crippen molar-refractivity contribution in [1.29, 1.82) is 0 Å². The summed E-state index contributed by atoms with van der Waals surface area (Å²) < 4.78 is 0. The van der Waals surface area contributed by atoms with E-state index in [0.717, 1.165) is 0 Å². The zero-order chi connectivity index (χ0) is 18.9. The molecule has 0 amide bonds. The molecular weight excluding hydrogens is 331 g/mol. The average molecular weight is 361 g/mol. The minimum atomic E-state index is -1.78. The van der Waals surface area contributed by atoms with Gasteiger partial charge >= 0.3 is 0 Å². The van der Waals surface area contributed by atoms with Crippen molar-refractivity contribution in [3.8, 4) is 0 Å². The van der Waals surface area contributed by atoms with E-state index in [0.29, 0.717) is 5.66 Å². The van der Waals surface area contributed by atoms with Crippen LogP contribution in [0.15, 0.2) is 66.7 Å². The van der Waals surface area contributed by atoms with Gasteiger partial charge in [0.15, 0.2) is 0 Å². The second-order valence-corrected chi connectivity index (χ2v) is 11.5. The van der Waals surface area contributed by atoms with Gasteiger partial charge in [-0.2, -0.15) is 0 Å². The van der Waals surface area contributed by atoms with Gasteiger partial charge in [-0.05, 0) is 75.9 Å². The van der Waals surface area contributed by atoms with Crippen LogP contribution >= 0.6 is 7.26 Å². The molecule has 0 fully saturated rings. The van der Waals surface area contributed by atoms with Crippen LogP contribution in [0.2, 0.25) is 0 Å². The fourth-order valence-electron chi connectivity index (χ4n) is 4.57. The Morgan fingerprint density at radius 2 is 0.923 bits per heavy atom. The zero-order valence-electron chi connectivity index (χ0n) is 16.9. The Morgan fingerprint density at radius 1 is 0.538 bits per heavy atom. The first-order valence-corrected chi connectivity index (χ1v) is 11.3. The molecule has 0 bridgehead atoms. The maximum atomic E-state index is 2.42. The highest BCUT2D eigenvalue weighted by Crippen LogP contribution is 2.61. The molecule has 0 saturated heterocycles. The monoisotopic (exact) mass is 361 g/mol. The van der Waals surface area contributed by atoms with Crippen LogP contribution in [0.25, 0.3) is 0 Å². The van der Waals surface area contributed by atoms with Crippen molar-refractivity contribution in [1.82, 2.24) is 0 Å². The summed E-state index contributed by atoms with van der Waals surface area (Å²) in [5.41, 5.74) is 6.19. The molecule has 0 aliphatic carbocycles. The standard InChI is InChI=1S/C25H30P/c1-18(2)26(23-16-8-7-9-17-23,24-19(3)12-10-13-20(24)4)25-21(5)14-11-15-22(25)6/h7-18H,1-6H3/q+1. The topological polar surface area (TPSA) is 0 Å². The lowest BCUT2D eigenvalue weighted by molar-refractivity contribution is 1.09. The van der Waals surface area contributed by atoms with Gasteiger partial charge in [0.05, 0.1) is 5.66 Å². The molecule has 0 saturated carbocycles. The predicted octanol–water partition coefficient (Wildman–Crippen LogP) is 5.62. The van der Waals surface area contributed by atoms with Gasteiger partial charge in [0.2, 0.25) is 0 Å². The lowest BCUT2D eigenvalue weighted by Crippen LogP contribution is -2.41. The molecule has 0 spiro atoms. The molecule has 0 atom stereocenters. The van der Waals surface area contributed by atoms with Crippen molar-refractivity contribution >= 4 is 23.2 Å². The quantitative estimate of drug-likeness (QED) is 0.529. The van der Waals surface area contributed by atoms with Crippen LogP contribution in [-0.2, 0) is 0 Å². The number of rotatable bonds is 4. The first-order valence-electron chi connectivity index (χ1n) is 9.48. The highest BCUT2D eigenvalue weighted by molar-refractivity contribution is 7.96. The smallest absolute Gasteiger partial charge is 0.0620 e. The van der Waals surface area contributed by atoms with Crippen LogP contribution in [0.3, 0.4) is 0 Å². The summed E-state index contributed by atoms with van der Waals surface area (Å²) in [5, 5.41) is 4.63. The van der Waals surface area contributed by atoms with E-state index in [1.165, 1.54) is 27.6 Å². The minimum absolute atomic E-state index is 0.532. The van der Waals surface area contributed by atoms with Gasteiger partial charge in [-0.25, -0.2) is 0 Å². The number of hydrogen-bond acceptors (Lipinski definition) is 0. The summed E-state index contributed by atoms with van der Waals surface area (Å²) in [6.07, 6.45) is 0. The Labute approximate surface area is 159 Å². The van der Waals surface area contributed by atoms with E-state index in [4.69, 9.17) is 0 Å². The molecular formula is C25H30P+. The van der Waals surface area contributed by atoms with Crippen molar-refractivity contribution in [3.05, 3.63) is 89.0 Å². The fraction of sp³-hybridized carbons (Fsp3) is 0.280. The summed E-state index contributed by atoms with van der Waals surface area (Å²) in [6, 6.07) is 24.8. The Balaban J connectivity index is 2.55. The van der Waals surface area contributed by atoms with Crippen molar-refractivity contribution in [2.24, 2.45) is 0 Å². The molecule has 1 heteroatoms. The van der Waals surface area contributed by atoms with Crippen LogP contribution in [0.1, 0.15) is 36.1 Å². The van der Waals surface area contributed by atoms with E-state index < -0.39 is 7.26 Å². The summed E-state index contributed by atoms with van der Waals surface area (Å²) in [5.74, 6) is 0. The zero-order valence-corrected chi connectivity index (χ0v) is 17.8. The first-order chi connectivity index (χ1) is 12.4. The molecule has 134 valence electrons. The Morgan fingerprint density at radius 3 is 1.27 bits per heavy atom. The van der Waals surface area contributed by atoms with Gasteiger partial charge in [-0.15, -0.1) is 0 Å². The van der Waals surface area contributed by atoms with Gasteiger partial charge in [0, 0.05) is 0 Å². The lowest BCUT2D eigenvalue weighted by atomic mass is 10.1. The van der Waals surface area contributed by atoms with Gasteiger partial charge in [0.25, 0.3) is 0 Å². The molecule has 0 aliphatic heterocycles. The lowest BCUT2D eigenvalue weighted by Gasteiger charge is -2.35. The van der Waals surface area contributed by atoms with Gasteiger partial charge in [-0.1, -0.05) is 54.6 Å². The molecule has 0 heterocycles. The third-order valence-corrected chi connectivity index (χ3v) is 11.0. The normalized spacial score (nSPS) is 11.8. The molecule has 0 radical (unpaired) electrons. The van der Waals surface area contributed by atoms with Crippen LogP contribution in [0.4, 0.5) is 0 Å². The molecule has 26 heavy (non-hydrogen) atoms. The summed E-state index contributed by atoms with van der Waals surface area (Å²) in [4.78, 5) is 0. The maximum absolute atomic E-state index is 2.42. The van der Waals surface area contributed by atoms with Gasteiger partial charge in [-0.3, -0.25) is 0 Å². The highest BCUT2D eigenvalue weighted by atomic mass is 31.2. The van der Waals surface area contributed by atoms with E-state index in [1.54, 1.807) is 10.6 Å². The Kier molecular flexibility index (Phi) is 5.35. The van der Waals surface area contributed by atoms with Gasteiger partial charge in [0.1, 0.15) is 23.2 Å². The molecule has 0 unspecified atom stereocenters. The molecule has 0 aromatic heterocycles. The molecule has 3 aromatic rings. The Hall–Kier alpha value is -1.91. The molecule has 0 aliphatic rings. The van der Waals surface area contributed by atoms with E-state index >= 15 is 0 Å². The first kappa shape index (κ1) is 18.9. The third-order valence-electron chi connectivity index (χ3n) is 5.52. The third kappa shape index (κ3) is 2.91.